The lowest BCUT2D eigenvalue weighted by atomic mass is 10.1. The zero-order valence-electron chi connectivity index (χ0n) is 12.0. The molecule has 2 aromatic carbocycles. The van der Waals surface area contributed by atoms with Crippen LogP contribution in [0.2, 0.25) is 0 Å². The fraction of sp³-hybridized carbons (Fsp3) is 0.235. The molecule has 3 aromatic rings. The maximum atomic E-state index is 5.95. The summed E-state index contributed by atoms with van der Waals surface area (Å²) in [6.07, 6.45) is 0. The Balaban J connectivity index is 1.70. The van der Waals surface area contributed by atoms with Crippen molar-refractivity contribution in [2.75, 3.05) is 6.54 Å². The molecule has 1 heterocycles. The van der Waals surface area contributed by atoms with Gasteiger partial charge in [0.2, 0.25) is 0 Å². The van der Waals surface area contributed by atoms with Crippen molar-refractivity contribution < 1.29 is 4.74 Å². The minimum atomic E-state index is 0.511. The van der Waals surface area contributed by atoms with E-state index < -0.39 is 0 Å². The Kier molecular flexibility index (Phi) is 4.48. The van der Waals surface area contributed by atoms with Gasteiger partial charge in [0.1, 0.15) is 17.4 Å². The first kappa shape index (κ1) is 14.0. The maximum absolute atomic E-state index is 5.95. The SMILES string of the molecule is CCNCc1nc(COc2cccc3ccccc23)cs1. The molecule has 0 aliphatic rings. The first-order chi connectivity index (χ1) is 10.4. The molecule has 0 fully saturated rings. The highest BCUT2D eigenvalue weighted by atomic mass is 32.1. The first-order valence-corrected chi connectivity index (χ1v) is 7.99. The smallest absolute Gasteiger partial charge is 0.131 e. The third kappa shape index (κ3) is 3.40. The van der Waals surface area contributed by atoms with Gasteiger partial charge >= 0.3 is 0 Å². The van der Waals surface area contributed by atoms with E-state index in [0.717, 1.165) is 34.9 Å². The van der Waals surface area contributed by atoms with Crippen LogP contribution in [-0.4, -0.2) is 11.5 Å². The van der Waals surface area contributed by atoms with E-state index in [2.05, 4.69) is 40.8 Å². The van der Waals surface area contributed by atoms with Gasteiger partial charge in [-0.1, -0.05) is 43.3 Å². The van der Waals surface area contributed by atoms with Gasteiger partial charge in [0, 0.05) is 17.3 Å². The second-order valence-corrected chi connectivity index (χ2v) is 5.72. The molecule has 1 N–H and O–H groups in total. The predicted octanol–water partition coefficient (Wildman–Crippen LogP) is 3.98. The second-order valence-electron chi connectivity index (χ2n) is 4.78. The topological polar surface area (TPSA) is 34.2 Å². The summed E-state index contributed by atoms with van der Waals surface area (Å²) in [6, 6.07) is 14.4. The van der Waals surface area contributed by atoms with Gasteiger partial charge in [0.05, 0.1) is 5.69 Å². The molecule has 3 nitrogen and oxygen atoms in total. The van der Waals surface area contributed by atoms with Gasteiger partial charge in [-0.2, -0.15) is 0 Å². The van der Waals surface area contributed by atoms with Crippen molar-refractivity contribution in [3.8, 4) is 5.75 Å². The molecule has 1 aromatic heterocycles. The zero-order valence-corrected chi connectivity index (χ0v) is 12.8. The van der Waals surface area contributed by atoms with Gasteiger partial charge in [-0.15, -0.1) is 11.3 Å². The van der Waals surface area contributed by atoms with Crippen molar-refractivity contribution in [1.29, 1.82) is 0 Å². The molecule has 0 unspecified atom stereocenters. The van der Waals surface area contributed by atoms with Crippen LogP contribution in [0.15, 0.2) is 47.8 Å². The van der Waals surface area contributed by atoms with E-state index >= 15 is 0 Å². The van der Waals surface area contributed by atoms with Gasteiger partial charge < -0.3 is 10.1 Å². The number of thiazole rings is 1. The largest absolute Gasteiger partial charge is 0.487 e. The molecule has 0 aliphatic heterocycles. The first-order valence-electron chi connectivity index (χ1n) is 7.11. The van der Waals surface area contributed by atoms with Crippen LogP contribution in [-0.2, 0) is 13.2 Å². The number of benzene rings is 2. The second kappa shape index (κ2) is 6.70. The summed E-state index contributed by atoms with van der Waals surface area (Å²) in [4.78, 5) is 4.57. The van der Waals surface area contributed by atoms with E-state index in [0.29, 0.717) is 6.61 Å². The molecule has 0 aliphatic carbocycles. The van der Waals surface area contributed by atoms with E-state index in [-0.39, 0.29) is 0 Å². The predicted molar refractivity (Wildman–Crippen MR) is 87.8 cm³/mol. The average Bonchev–Trinajstić information content (AvgIpc) is 2.99. The van der Waals surface area contributed by atoms with Crippen LogP contribution in [0.3, 0.4) is 0 Å². The highest BCUT2D eigenvalue weighted by molar-refractivity contribution is 7.09. The highest BCUT2D eigenvalue weighted by Gasteiger charge is 2.05. The van der Waals surface area contributed by atoms with Crippen LogP contribution in [0.25, 0.3) is 10.8 Å². The van der Waals surface area contributed by atoms with Gasteiger partial charge in [-0.3, -0.25) is 0 Å². The number of aromatic nitrogens is 1. The van der Waals surface area contributed by atoms with Crippen molar-refractivity contribution in [2.24, 2.45) is 0 Å². The summed E-state index contributed by atoms with van der Waals surface area (Å²) in [5.74, 6) is 0.911. The van der Waals surface area contributed by atoms with Crippen LogP contribution in [0, 0.1) is 0 Å². The molecule has 0 atom stereocenters. The van der Waals surface area contributed by atoms with Crippen molar-refractivity contribution >= 4 is 22.1 Å². The lowest BCUT2D eigenvalue weighted by Crippen LogP contribution is -2.11. The van der Waals surface area contributed by atoms with Crippen LogP contribution >= 0.6 is 11.3 Å². The molecule has 0 radical (unpaired) electrons. The minimum Gasteiger partial charge on any atom is -0.487 e. The molecule has 0 amide bonds. The number of fused-ring (bicyclic) bond motifs is 1. The van der Waals surface area contributed by atoms with Crippen molar-refractivity contribution in [2.45, 2.75) is 20.1 Å². The zero-order chi connectivity index (χ0) is 14.5. The number of rotatable bonds is 6. The summed E-state index contributed by atoms with van der Waals surface area (Å²) in [7, 11) is 0. The normalized spacial score (nSPS) is 10.9. The van der Waals surface area contributed by atoms with Crippen LogP contribution in [0.1, 0.15) is 17.6 Å². The molecule has 0 saturated carbocycles. The van der Waals surface area contributed by atoms with Gasteiger partial charge in [0.15, 0.2) is 0 Å². The molecular weight excluding hydrogens is 280 g/mol. The summed E-state index contributed by atoms with van der Waals surface area (Å²) in [5, 5.41) is 8.79. The molecule has 3 rings (SSSR count). The van der Waals surface area contributed by atoms with Crippen molar-refractivity contribution in [3.63, 3.8) is 0 Å². The van der Waals surface area contributed by atoms with Gasteiger partial charge in [-0.25, -0.2) is 4.98 Å². The minimum absolute atomic E-state index is 0.511. The lowest BCUT2D eigenvalue weighted by Gasteiger charge is -2.07. The Labute approximate surface area is 128 Å². The molecule has 21 heavy (non-hydrogen) atoms. The standard InChI is InChI=1S/C17H18N2OS/c1-2-18-10-17-19-14(12-21-17)11-20-16-9-5-7-13-6-3-4-8-15(13)16/h3-9,12,18H,2,10-11H2,1H3. The van der Waals surface area contributed by atoms with Crippen LogP contribution in [0.5, 0.6) is 5.75 Å². The molecule has 0 saturated heterocycles. The molecule has 108 valence electrons. The van der Waals surface area contributed by atoms with Crippen LogP contribution < -0.4 is 10.1 Å². The average molecular weight is 298 g/mol. The Morgan fingerprint density at radius 1 is 1.14 bits per heavy atom. The van der Waals surface area contributed by atoms with Crippen molar-refractivity contribution in [1.82, 2.24) is 10.3 Å². The Morgan fingerprint density at radius 2 is 2.00 bits per heavy atom. The highest BCUT2D eigenvalue weighted by Crippen LogP contribution is 2.26. The van der Waals surface area contributed by atoms with E-state index in [4.69, 9.17) is 4.74 Å². The Morgan fingerprint density at radius 3 is 2.90 bits per heavy atom. The van der Waals surface area contributed by atoms with Crippen molar-refractivity contribution in [3.05, 3.63) is 58.5 Å². The molecular formula is C17H18N2OS. The number of hydrogen-bond acceptors (Lipinski definition) is 4. The monoisotopic (exact) mass is 298 g/mol. The van der Waals surface area contributed by atoms with E-state index in [1.807, 2.05) is 24.3 Å². The summed E-state index contributed by atoms with van der Waals surface area (Å²) in [6.45, 7) is 4.39. The third-order valence-electron chi connectivity index (χ3n) is 3.25. The van der Waals surface area contributed by atoms with E-state index in [1.165, 1.54) is 5.39 Å². The number of ether oxygens (including phenoxy) is 1. The molecule has 0 bridgehead atoms. The fourth-order valence-corrected chi connectivity index (χ4v) is 2.95. The molecule has 0 spiro atoms. The quantitative estimate of drug-likeness (QED) is 0.747. The van der Waals surface area contributed by atoms with E-state index in [1.54, 1.807) is 11.3 Å². The lowest BCUT2D eigenvalue weighted by molar-refractivity contribution is 0.305. The van der Waals surface area contributed by atoms with Gasteiger partial charge in [0.25, 0.3) is 0 Å². The number of hydrogen-bond donors (Lipinski definition) is 1. The number of nitrogens with one attached hydrogen (secondary N) is 1. The molecule has 4 heteroatoms. The maximum Gasteiger partial charge on any atom is 0.131 e. The fourth-order valence-electron chi connectivity index (χ4n) is 2.20. The van der Waals surface area contributed by atoms with Gasteiger partial charge in [-0.05, 0) is 18.0 Å². The summed E-state index contributed by atoms with van der Waals surface area (Å²) in [5.41, 5.74) is 0.987. The summed E-state index contributed by atoms with van der Waals surface area (Å²) < 4.78 is 5.95. The Hall–Kier alpha value is -1.91. The van der Waals surface area contributed by atoms with E-state index in [9.17, 15) is 0 Å². The van der Waals surface area contributed by atoms with Crippen LogP contribution in [0.4, 0.5) is 0 Å². The summed E-state index contributed by atoms with van der Waals surface area (Å²) >= 11 is 1.67. The number of nitrogens with zero attached hydrogens (tertiary/aromatic N) is 1. The Bertz CT molecular complexity index is 718. The third-order valence-corrected chi connectivity index (χ3v) is 4.15.